The summed E-state index contributed by atoms with van der Waals surface area (Å²) >= 11 is 12.8. The third-order valence-corrected chi connectivity index (χ3v) is 3.90. The van der Waals surface area contributed by atoms with Crippen LogP contribution in [-0.4, -0.2) is 23.5 Å². The summed E-state index contributed by atoms with van der Waals surface area (Å²) in [6, 6.07) is 4.58. The lowest BCUT2D eigenvalue weighted by atomic mass is 10.1. The Bertz CT molecular complexity index is 688. The van der Waals surface area contributed by atoms with Crippen LogP contribution >= 0.6 is 34.5 Å². The highest BCUT2D eigenvalue weighted by Gasteiger charge is 2.15. The summed E-state index contributed by atoms with van der Waals surface area (Å²) in [5, 5.41) is 4.94. The van der Waals surface area contributed by atoms with Crippen LogP contribution in [0.25, 0.3) is 0 Å². The van der Waals surface area contributed by atoms with Gasteiger partial charge in [0.25, 0.3) is 0 Å². The van der Waals surface area contributed by atoms with Crippen molar-refractivity contribution in [3.05, 3.63) is 44.9 Å². The number of hydrogen-bond acceptors (Lipinski definition) is 5. The van der Waals surface area contributed by atoms with Gasteiger partial charge in [-0.25, -0.2) is 9.78 Å². The van der Waals surface area contributed by atoms with E-state index >= 15 is 0 Å². The summed E-state index contributed by atoms with van der Waals surface area (Å²) in [4.78, 5) is 27.5. The number of amides is 1. The predicted octanol–water partition coefficient (Wildman–Crippen LogP) is 4.25. The van der Waals surface area contributed by atoms with Crippen molar-refractivity contribution in [3.8, 4) is 0 Å². The lowest BCUT2D eigenvalue weighted by Crippen LogP contribution is -2.13. The van der Waals surface area contributed by atoms with E-state index in [9.17, 15) is 9.59 Å². The Morgan fingerprint density at radius 1 is 1.33 bits per heavy atom. The second-order valence-corrected chi connectivity index (χ2v) is 5.51. The molecule has 0 bridgehead atoms. The van der Waals surface area contributed by atoms with Gasteiger partial charge in [0.2, 0.25) is 5.78 Å². The largest absolute Gasteiger partial charge is 0.450 e. The van der Waals surface area contributed by atoms with E-state index < -0.39 is 6.09 Å². The van der Waals surface area contributed by atoms with Crippen LogP contribution in [0.5, 0.6) is 0 Å². The highest BCUT2D eigenvalue weighted by atomic mass is 35.5. The maximum atomic E-state index is 12.2. The minimum Gasteiger partial charge on any atom is -0.450 e. The molecule has 8 heteroatoms. The van der Waals surface area contributed by atoms with Crippen molar-refractivity contribution >= 4 is 51.5 Å². The average molecular weight is 345 g/mol. The highest BCUT2D eigenvalue weighted by Crippen LogP contribution is 2.25. The van der Waals surface area contributed by atoms with E-state index in [1.807, 2.05) is 0 Å². The van der Waals surface area contributed by atoms with Crippen molar-refractivity contribution in [3.63, 3.8) is 0 Å². The SMILES string of the molecule is CCOC(=O)Nc1nc(C(=O)c2ccc(Cl)c(Cl)c2)cs1. The molecule has 2 aromatic rings. The van der Waals surface area contributed by atoms with Crippen molar-refractivity contribution in [2.45, 2.75) is 6.92 Å². The number of benzene rings is 1. The molecule has 1 amide bonds. The number of halogens is 2. The zero-order valence-corrected chi connectivity index (χ0v) is 13.2. The summed E-state index contributed by atoms with van der Waals surface area (Å²) in [7, 11) is 0. The zero-order valence-electron chi connectivity index (χ0n) is 10.9. The molecule has 0 aliphatic rings. The maximum Gasteiger partial charge on any atom is 0.413 e. The molecule has 0 saturated heterocycles. The van der Waals surface area contributed by atoms with Gasteiger partial charge in [-0.1, -0.05) is 23.2 Å². The van der Waals surface area contributed by atoms with E-state index in [0.29, 0.717) is 15.6 Å². The molecule has 0 radical (unpaired) electrons. The molecule has 5 nitrogen and oxygen atoms in total. The smallest absolute Gasteiger partial charge is 0.413 e. The molecule has 1 aromatic carbocycles. The monoisotopic (exact) mass is 344 g/mol. The Kier molecular flexibility index (Phi) is 5.17. The fraction of sp³-hybridized carbons (Fsp3) is 0.154. The first-order valence-corrected chi connectivity index (χ1v) is 7.54. The summed E-state index contributed by atoms with van der Waals surface area (Å²) in [6.45, 7) is 1.95. The Morgan fingerprint density at radius 3 is 2.76 bits per heavy atom. The summed E-state index contributed by atoms with van der Waals surface area (Å²) < 4.78 is 4.73. The third-order valence-electron chi connectivity index (χ3n) is 2.40. The van der Waals surface area contributed by atoms with Crippen LogP contribution in [0.4, 0.5) is 9.93 Å². The van der Waals surface area contributed by atoms with E-state index in [0.717, 1.165) is 11.3 Å². The Hall–Kier alpha value is -1.63. The number of nitrogens with zero attached hydrogens (tertiary/aromatic N) is 1. The number of rotatable bonds is 4. The number of aromatic nitrogens is 1. The van der Waals surface area contributed by atoms with Crippen molar-refractivity contribution in [1.29, 1.82) is 0 Å². The molecule has 1 aromatic heterocycles. The van der Waals surface area contributed by atoms with Crippen molar-refractivity contribution < 1.29 is 14.3 Å². The fourth-order valence-electron chi connectivity index (χ4n) is 1.48. The van der Waals surface area contributed by atoms with Crippen LogP contribution in [0.3, 0.4) is 0 Å². The van der Waals surface area contributed by atoms with Crippen molar-refractivity contribution in [2.24, 2.45) is 0 Å². The standard InChI is InChI=1S/C13H10Cl2N2O3S/c1-2-20-13(19)17-12-16-10(6-21-12)11(18)7-3-4-8(14)9(15)5-7/h3-6H,2H2,1H3,(H,16,17,19). The second-order valence-electron chi connectivity index (χ2n) is 3.84. The highest BCUT2D eigenvalue weighted by molar-refractivity contribution is 7.14. The number of nitrogens with one attached hydrogen (secondary N) is 1. The van der Waals surface area contributed by atoms with Crippen LogP contribution in [0.1, 0.15) is 23.0 Å². The normalized spacial score (nSPS) is 10.2. The maximum absolute atomic E-state index is 12.2. The van der Waals surface area contributed by atoms with Gasteiger partial charge in [0.1, 0.15) is 5.69 Å². The summed E-state index contributed by atoms with van der Waals surface area (Å²) in [6.07, 6.45) is -0.611. The molecule has 2 rings (SSSR count). The Labute approximate surface area is 134 Å². The molecule has 1 heterocycles. The van der Waals surface area contributed by atoms with Crippen LogP contribution in [-0.2, 0) is 4.74 Å². The van der Waals surface area contributed by atoms with E-state index in [1.54, 1.807) is 24.4 Å². The minimum absolute atomic E-state index is 0.213. The van der Waals surface area contributed by atoms with E-state index in [-0.39, 0.29) is 23.2 Å². The first-order chi connectivity index (χ1) is 10.0. The number of thiazole rings is 1. The molecule has 0 fully saturated rings. The number of hydrogen-bond donors (Lipinski definition) is 1. The number of ether oxygens (including phenoxy) is 1. The topological polar surface area (TPSA) is 68.3 Å². The van der Waals surface area contributed by atoms with Crippen LogP contribution in [0, 0.1) is 0 Å². The summed E-state index contributed by atoms with van der Waals surface area (Å²) in [5.74, 6) is -0.304. The zero-order chi connectivity index (χ0) is 15.4. The molecule has 0 spiro atoms. The molecule has 1 N–H and O–H groups in total. The number of ketones is 1. The van der Waals surface area contributed by atoms with E-state index in [1.165, 1.54) is 6.07 Å². The quantitative estimate of drug-likeness (QED) is 0.841. The molecule has 0 aliphatic carbocycles. The lowest BCUT2D eigenvalue weighted by Gasteiger charge is -2.01. The van der Waals surface area contributed by atoms with Crippen LogP contribution in [0.2, 0.25) is 10.0 Å². The molecule has 110 valence electrons. The van der Waals surface area contributed by atoms with E-state index in [4.69, 9.17) is 27.9 Å². The molecular weight excluding hydrogens is 335 g/mol. The number of carbonyl (C=O) groups excluding carboxylic acids is 2. The number of anilines is 1. The first kappa shape index (κ1) is 15.8. The molecule has 0 unspecified atom stereocenters. The van der Waals surface area contributed by atoms with Crippen LogP contribution < -0.4 is 5.32 Å². The molecule has 0 atom stereocenters. The van der Waals surface area contributed by atoms with Crippen molar-refractivity contribution in [1.82, 2.24) is 4.98 Å². The van der Waals surface area contributed by atoms with Gasteiger partial charge in [0.05, 0.1) is 16.7 Å². The number of carbonyl (C=O) groups is 2. The molecule has 21 heavy (non-hydrogen) atoms. The minimum atomic E-state index is -0.611. The van der Waals surface area contributed by atoms with Crippen molar-refractivity contribution in [2.75, 3.05) is 11.9 Å². The van der Waals surface area contributed by atoms with Gasteiger partial charge >= 0.3 is 6.09 Å². The van der Waals surface area contributed by atoms with Gasteiger partial charge in [0.15, 0.2) is 5.13 Å². The molecular formula is C13H10Cl2N2O3S. The van der Waals surface area contributed by atoms with Gasteiger partial charge in [0, 0.05) is 10.9 Å². The molecule has 0 aliphatic heterocycles. The van der Waals surface area contributed by atoms with Gasteiger partial charge < -0.3 is 4.74 Å². The lowest BCUT2D eigenvalue weighted by molar-refractivity contribution is 0.103. The fourth-order valence-corrected chi connectivity index (χ4v) is 2.45. The molecule has 0 saturated carbocycles. The average Bonchev–Trinajstić information content (AvgIpc) is 2.89. The van der Waals surface area contributed by atoms with Gasteiger partial charge in [-0.05, 0) is 25.1 Å². The second kappa shape index (κ2) is 6.89. The summed E-state index contributed by atoms with van der Waals surface area (Å²) in [5.41, 5.74) is 0.586. The van der Waals surface area contributed by atoms with E-state index in [2.05, 4.69) is 10.3 Å². The van der Waals surface area contributed by atoms with Gasteiger partial charge in [-0.2, -0.15) is 0 Å². The first-order valence-electron chi connectivity index (χ1n) is 5.90. The van der Waals surface area contributed by atoms with Gasteiger partial charge in [-0.15, -0.1) is 11.3 Å². The van der Waals surface area contributed by atoms with Crippen LogP contribution in [0.15, 0.2) is 23.6 Å². The third kappa shape index (κ3) is 3.93. The Balaban J connectivity index is 2.15. The predicted molar refractivity (Wildman–Crippen MR) is 82.7 cm³/mol. The van der Waals surface area contributed by atoms with Gasteiger partial charge in [-0.3, -0.25) is 10.1 Å². The Morgan fingerprint density at radius 2 is 2.10 bits per heavy atom.